The van der Waals surface area contributed by atoms with E-state index < -0.39 is 41.3 Å². The molecule has 9 heteroatoms. The third kappa shape index (κ3) is 3.98. The molecule has 4 amide bonds. The molecule has 29 heavy (non-hydrogen) atoms. The van der Waals surface area contributed by atoms with E-state index in [-0.39, 0.29) is 17.0 Å². The van der Waals surface area contributed by atoms with Crippen LogP contribution in [-0.2, 0) is 14.4 Å². The molecule has 0 bridgehead atoms. The van der Waals surface area contributed by atoms with Gasteiger partial charge in [-0.25, -0.2) is 18.9 Å². The van der Waals surface area contributed by atoms with E-state index in [2.05, 4.69) is 0 Å². The van der Waals surface area contributed by atoms with Crippen molar-refractivity contribution in [2.45, 2.75) is 13.0 Å². The fourth-order valence-electron chi connectivity index (χ4n) is 2.61. The molecule has 1 saturated heterocycles. The number of para-hydroxylation sites is 2. The molecular weight excluding hydrogens is 383 g/mol. The zero-order valence-corrected chi connectivity index (χ0v) is 15.1. The minimum atomic E-state index is -1.20. The van der Waals surface area contributed by atoms with Crippen molar-refractivity contribution in [3.05, 3.63) is 65.5 Å². The van der Waals surface area contributed by atoms with Gasteiger partial charge in [-0.1, -0.05) is 30.3 Å². The number of imide groups is 2. The Hall–Kier alpha value is -4.01. The summed E-state index contributed by atoms with van der Waals surface area (Å²) in [6.07, 6.45) is -0.0242. The maximum atomic E-state index is 14.1. The molecule has 8 nitrogen and oxygen atoms in total. The van der Waals surface area contributed by atoms with Crippen LogP contribution in [0.3, 0.4) is 0 Å². The van der Waals surface area contributed by atoms with E-state index in [0.29, 0.717) is 4.90 Å². The molecule has 2 N–H and O–H groups in total. The van der Waals surface area contributed by atoms with E-state index in [1.54, 1.807) is 12.1 Å². The summed E-state index contributed by atoms with van der Waals surface area (Å²) < 4.78 is 19.4. The van der Waals surface area contributed by atoms with Crippen LogP contribution < -0.4 is 15.0 Å². The number of hydrogen-bond donors (Lipinski definition) is 2. The van der Waals surface area contributed by atoms with Gasteiger partial charge in [0.2, 0.25) is 0 Å². The zero-order valence-electron chi connectivity index (χ0n) is 15.1. The minimum absolute atomic E-state index is 0.116. The fraction of sp³-hybridized carbons (Fsp3) is 0.100. The van der Waals surface area contributed by atoms with E-state index in [1.165, 1.54) is 37.3 Å². The van der Waals surface area contributed by atoms with Gasteiger partial charge in [0.05, 0.1) is 5.69 Å². The highest BCUT2D eigenvalue weighted by Crippen LogP contribution is 2.27. The lowest BCUT2D eigenvalue weighted by Crippen LogP contribution is -2.54. The normalized spacial score (nSPS) is 16.6. The van der Waals surface area contributed by atoms with Crippen LogP contribution >= 0.6 is 0 Å². The molecule has 1 aliphatic rings. The van der Waals surface area contributed by atoms with Crippen molar-refractivity contribution in [1.82, 2.24) is 5.32 Å². The van der Waals surface area contributed by atoms with Gasteiger partial charge in [0, 0.05) is 5.56 Å². The summed E-state index contributed by atoms with van der Waals surface area (Å²) in [7, 11) is 0. The summed E-state index contributed by atoms with van der Waals surface area (Å²) in [5.74, 6) is -3.89. The number of carbonyl (C=O) groups is 4. The largest absolute Gasteiger partial charge is 0.479 e. The van der Waals surface area contributed by atoms with E-state index >= 15 is 0 Å². The number of carboxylic acid groups (broad SMARTS) is 1. The molecule has 2 aromatic rings. The Kier molecular flexibility index (Phi) is 5.40. The van der Waals surface area contributed by atoms with Crippen LogP contribution in [0.5, 0.6) is 5.75 Å². The lowest BCUT2D eigenvalue weighted by molar-refractivity contribution is -0.144. The van der Waals surface area contributed by atoms with Gasteiger partial charge >= 0.3 is 12.0 Å². The Bertz CT molecular complexity index is 1050. The number of benzene rings is 2. The maximum absolute atomic E-state index is 14.1. The van der Waals surface area contributed by atoms with Gasteiger partial charge in [0.1, 0.15) is 17.1 Å². The number of urea groups is 1. The van der Waals surface area contributed by atoms with Crippen LogP contribution in [0.4, 0.5) is 14.9 Å². The molecule has 0 aromatic heterocycles. The first-order valence-electron chi connectivity index (χ1n) is 8.44. The molecule has 0 unspecified atom stereocenters. The lowest BCUT2D eigenvalue weighted by atomic mass is 10.1. The SMILES string of the molecule is C[C@H](Oc1ccccc1/C=C1\C(=O)NC(=O)N(c2ccccc2F)C1=O)C(=O)O. The first kappa shape index (κ1) is 19.7. The average molecular weight is 398 g/mol. The molecule has 1 aliphatic heterocycles. The average Bonchev–Trinajstić information content (AvgIpc) is 2.67. The van der Waals surface area contributed by atoms with Crippen molar-refractivity contribution in [3.63, 3.8) is 0 Å². The van der Waals surface area contributed by atoms with Gasteiger partial charge in [-0.15, -0.1) is 0 Å². The summed E-state index contributed by atoms with van der Waals surface area (Å²) >= 11 is 0. The van der Waals surface area contributed by atoms with Crippen molar-refractivity contribution >= 4 is 35.6 Å². The van der Waals surface area contributed by atoms with Crippen molar-refractivity contribution in [3.8, 4) is 5.75 Å². The van der Waals surface area contributed by atoms with Crippen LogP contribution in [-0.4, -0.2) is 35.0 Å². The second-order valence-electron chi connectivity index (χ2n) is 6.05. The van der Waals surface area contributed by atoms with Gasteiger partial charge < -0.3 is 9.84 Å². The second-order valence-corrected chi connectivity index (χ2v) is 6.05. The predicted octanol–water partition coefficient (Wildman–Crippen LogP) is 2.34. The summed E-state index contributed by atoms with van der Waals surface area (Å²) in [5.41, 5.74) is -0.508. The Balaban J connectivity index is 2.02. The molecule has 1 atom stereocenters. The van der Waals surface area contributed by atoms with Crippen molar-refractivity contribution in [2.24, 2.45) is 0 Å². The molecular formula is C20H15FN2O6. The second kappa shape index (κ2) is 7.93. The summed E-state index contributed by atoms with van der Waals surface area (Å²) in [6, 6.07) is 10.2. The Morgan fingerprint density at radius 3 is 2.48 bits per heavy atom. The Labute approximate surface area is 164 Å². The van der Waals surface area contributed by atoms with Crippen molar-refractivity contribution in [2.75, 3.05) is 4.90 Å². The highest BCUT2D eigenvalue weighted by Gasteiger charge is 2.38. The van der Waals surface area contributed by atoms with Crippen LogP contribution in [0.2, 0.25) is 0 Å². The zero-order chi connectivity index (χ0) is 21.1. The van der Waals surface area contributed by atoms with Gasteiger partial charge in [-0.3, -0.25) is 14.9 Å². The van der Waals surface area contributed by atoms with E-state index in [4.69, 9.17) is 9.84 Å². The summed E-state index contributed by atoms with van der Waals surface area (Å²) in [4.78, 5) is 48.8. The van der Waals surface area contributed by atoms with E-state index in [9.17, 15) is 23.6 Å². The Morgan fingerprint density at radius 2 is 1.79 bits per heavy atom. The van der Waals surface area contributed by atoms with Gasteiger partial charge in [0.25, 0.3) is 11.8 Å². The first-order valence-corrected chi connectivity index (χ1v) is 8.44. The standard InChI is InChI=1S/C20H15FN2O6/c1-11(19(26)27)29-16-9-5-2-6-12(16)10-13-17(24)22-20(28)23(18(13)25)15-8-4-3-7-14(15)21/h2-11H,1H3,(H,26,27)(H,22,24,28)/b13-10+/t11-/m0/s1. The number of nitrogens with one attached hydrogen (secondary N) is 1. The molecule has 3 rings (SSSR count). The number of barbiturate groups is 1. The molecule has 0 aliphatic carbocycles. The van der Waals surface area contributed by atoms with E-state index in [1.807, 2.05) is 5.32 Å². The first-order chi connectivity index (χ1) is 13.8. The molecule has 1 heterocycles. The van der Waals surface area contributed by atoms with Crippen LogP contribution in [0.15, 0.2) is 54.1 Å². The highest BCUT2D eigenvalue weighted by atomic mass is 19.1. The number of ether oxygens (including phenoxy) is 1. The highest BCUT2D eigenvalue weighted by molar-refractivity contribution is 6.39. The van der Waals surface area contributed by atoms with Gasteiger partial charge in [0.15, 0.2) is 6.10 Å². The predicted molar refractivity (Wildman–Crippen MR) is 99.6 cm³/mol. The fourth-order valence-corrected chi connectivity index (χ4v) is 2.61. The van der Waals surface area contributed by atoms with E-state index in [0.717, 1.165) is 12.1 Å². The quantitative estimate of drug-likeness (QED) is 0.591. The molecule has 1 fully saturated rings. The van der Waals surface area contributed by atoms with Gasteiger partial charge in [-0.05, 0) is 31.2 Å². The summed E-state index contributed by atoms with van der Waals surface area (Å²) in [5, 5.41) is 11.0. The number of halogens is 1. The minimum Gasteiger partial charge on any atom is -0.479 e. The van der Waals surface area contributed by atoms with Crippen LogP contribution in [0.1, 0.15) is 12.5 Å². The number of carboxylic acids is 1. The third-order valence-electron chi connectivity index (χ3n) is 4.07. The number of nitrogens with zero attached hydrogens (tertiary/aromatic N) is 1. The molecule has 2 aromatic carbocycles. The van der Waals surface area contributed by atoms with Crippen LogP contribution in [0.25, 0.3) is 6.08 Å². The molecule has 0 radical (unpaired) electrons. The van der Waals surface area contributed by atoms with Crippen molar-refractivity contribution < 1.29 is 33.4 Å². The Morgan fingerprint density at radius 1 is 1.14 bits per heavy atom. The van der Waals surface area contributed by atoms with Crippen molar-refractivity contribution in [1.29, 1.82) is 0 Å². The number of aliphatic carboxylic acids is 1. The number of carbonyl (C=O) groups excluding carboxylic acids is 3. The molecule has 0 saturated carbocycles. The number of amides is 4. The topological polar surface area (TPSA) is 113 Å². The monoisotopic (exact) mass is 398 g/mol. The number of anilines is 1. The van der Waals surface area contributed by atoms with Crippen LogP contribution in [0, 0.1) is 5.82 Å². The summed E-state index contributed by atoms with van der Waals surface area (Å²) in [6.45, 7) is 1.32. The van der Waals surface area contributed by atoms with Gasteiger partial charge in [-0.2, -0.15) is 0 Å². The molecule has 148 valence electrons. The third-order valence-corrected chi connectivity index (χ3v) is 4.07. The molecule has 0 spiro atoms. The number of rotatable bonds is 5. The maximum Gasteiger partial charge on any atom is 0.344 e. The number of hydrogen-bond acceptors (Lipinski definition) is 5. The lowest BCUT2D eigenvalue weighted by Gasteiger charge is -2.26. The smallest absolute Gasteiger partial charge is 0.344 e.